The number of hydrogen-bond acceptors (Lipinski definition) is 4. The minimum atomic E-state index is -1.22. The Hall–Kier alpha value is -0.260. The number of thiol groups is 1. The van der Waals surface area contributed by atoms with Crippen molar-refractivity contribution in [3.05, 3.63) is 0 Å². The minimum absolute atomic E-state index is 0.371. The van der Waals surface area contributed by atoms with Crippen LogP contribution in [0.2, 0.25) is 0 Å². The van der Waals surface area contributed by atoms with E-state index in [-0.39, 0.29) is 5.54 Å². The lowest BCUT2D eigenvalue weighted by atomic mass is 10.1. The van der Waals surface area contributed by atoms with E-state index < -0.39 is 11.5 Å². The number of hydroxylamine groups is 1. The van der Waals surface area contributed by atoms with E-state index in [1.165, 1.54) is 13.8 Å². The van der Waals surface area contributed by atoms with Gasteiger partial charge in [-0.15, -0.1) is 5.48 Å². The summed E-state index contributed by atoms with van der Waals surface area (Å²) >= 11 is 4.08. The van der Waals surface area contributed by atoms with Crippen molar-refractivity contribution in [2.24, 2.45) is 0 Å². The molecular weight excluding hydrogens is 188 g/mol. The topological polar surface area (TPSA) is 62.1 Å². The summed E-state index contributed by atoms with van der Waals surface area (Å²) in [6.07, 6.45) is 0. The fourth-order valence-corrected chi connectivity index (χ4v) is 0.409. The highest BCUT2D eigenvalue weighted by molar-refractivity contribution is 7.80. The molecule has 0 unspecified atom stereocenters. The second-order valence-corrected chi connectivity index (χ2v) is 4.47. The first-order chi connectivity index (χ1) is 5.69. The average Bonchev–Trinajstić information content (AvgIpc) is 1.98. The van der Waals surface area contributed by atoms with E-state index >= 15 is 0 Å². The van der Waals surface area contributed by atoms with Crippen molar-refractivity contribution < 1.29 is 9.63 Å². The normalized spacial score (nSPS) is 12.8. The Labute approximate surface area is 84.6 Å². The van der Waals surface area contributed by atoms with Gasteiger partial charge in [0.1, 0.15) is 5.54 Å². The van der Waals surface area contributed by atoms with E-state index in [4.69, 9.17) is 10.6 Å². The lowest BCUT2D eigenvalue weighted by molar-refractivity contribution is -0.160. The summed E-state index contributed by atoms with van der Waals surface area (Å²) < 4.78 is 0. The standard InChI is InChI=1S/C8H17N2O2S/c1-7(2,5-13)10-12-6(11)8(3,4)9/h9-10,13H,5H2,1-4H3. The molecule has 0 bridgehead atoms. The molecule has 0 aromatic carbocycles. The molecule has 77 valence electrons. The number of carbonyl (C=O) groups is 1. The number of carbonyl (C=O) groups excluding carboxylic acids is 1. The Bertz CT molecular complexity index is 187. The third kappa shape index (κ3) is 5.13. The molecule has 0 aliphatic rings. The molecule has 0 aromatic rings. The average molecular weight is 205 g/mol. The van der Waals surface area contributed by atoms with E-state index in [9.17, 15) is 4.79 Å². The van der Waals surface area contributed by atoms with Crippen LogP contribution in [0, 0.1) is 0 Å². The Kier molecular flexibility index (Phi) is 4.22. The van der Waals surface area contributed by atoms with Gasteiger partial charge in [-0.25, -0.2) is 10.5 Å². The van der Waals surface area contributed by atoms with E-state index in [0.29, 0.717) is 5.75 Å². The van der Waals surface area contributed by atoms with Crippen LogP contribution in [-0.2, 0) is 9.63 Å². The Morgan fingerprint density at radius 3 is 2.23 bits per heavy atom. The van der Waals surface area contributed by atoms with Gasteiger partial charge in [0.15, 0.2) is 0 Å². The third-order valence-electron chi connectivity index (χ3n) is 1.33. The minimum Gasteiger partial charge on any atom is -0.368 e. The van der Waals surface area contributed by atoms with E-state index in [0.717, 1.165) is 0 Å². The van der Waals surface area contributed by atoms with Crippen LogP contribution in [0.25, 0.3) is 0 Å². The van der Waals surface area contributed by atoms with E-state index in [2.05, 4.69) is 18.1 Å². The maximum atomic E-state index is 11.1. The SMILES string of the molecule is CC(C)(CS)NOC(=O)C(C)(C)[NH]. The molecule has 0 aliphatic heterocycles. The van der Waals surface area contributed by atoms with Gasteiger partial charge in [-0.2, -0.15) is 12.6 Å². The number of nitrogens with one attached hydrogen (secondary N) is 2. The van der Waals surface area contributed by atoms with Crippen LogP contribution in [0.5, 0.6) is 0 Å². The molecule has 0 saturated carbocycles. The third-order valence-corrected chi connectivity index (χ3v) is 2.12. The summed E-state index contributed by atoms with van der Waals surface area (Å²) in [6.45, 7) is 6.66. The van der Waals surface area contributed by atoms with Crippen LogP contribution < -0.4 is 11.2 Å². The fourth-order valence-electron chi connectivity index (χ4n) is 0.344. The van der Waals surface area contributed by atoms with Gasteiger partial charge in [0, 0.05) is 5.75 Å². The summed E-state index contributed by atoms with van der Waals surface area (Å²) in [6, 6.07) is 0. The highest BCUT2D eigenvalue weighted by atomic mass is 32.1. The van der Waals surface area contributed by atoms with Gasteiger partial charge in [-0.05, 0) is 27.7 Å². The molecule has 0 atom stereocenters. The van der Waals surface area contributed by atoms with E-state index in [1.54, 1.807) is 0 Å². The summed E-state index contributed by atoms with van der Waals surface area (Å²) in [5, 5.41) is 0. The van der Waals surface area contributed by atoms with E-state index in [1.807, 2.05) is 13.8 Å². The Morgan fingerprint density at radius 1 is 1.46 bits per heavy atom. The molecule has 13 heavy (non-hydrogen) atoms. The van der Waals surface area contributed by atoms with Crippen molar-refractivity contribution in [3.8, 4) is 0 Å². The first kappa shape index (κ1) is 12.7. The van der Waals surface area contributed by atoms with Crippen LogP contribution in [0.1, 0.15) is 27.7 Å². The second-order valence-electron chi connectivity index (χ2n) is 4.16. The van der Waals surface area contributed by atoms with Crippen molar-refractivity contribution >= 4 is 18.6 Å². The molecular formula is C8H17N2O2S. The highest BCUT2D eigenvalue weighted by Crippen LogP contribution is 2.06. The molecule has 1 radical (unpaired) electrons. The lowest BCUT2D eigenvalue weighted by Crippen LogP contribution is -2.46. The first-order valence-corrected chi connectivity index (χ1v) is 4.66. The monoisotopic (exact) mass is 205 g/mol. The molecule has 0 fully saturated rings. The zero-order valence-corrected chi connectivity index (χ0v) is 9.37. The molecule has 2 N–H and O–H groups in total. The molecule has 0 aliphatic carbocycles. The van der Waals surface area contributed by atoms with Crippen LogP contribution >= 0.6 is 12.6 Å². The Balaban J connectivity index is 3.98. The van der Waals surface area contributed by atoms with Crippen LogP contribution in [0.15, 0.2) is 0 Å². The largest absolute Gasteiger partial charge is 0.368 e. The number of rotatable bonds is 4. The van der Waals surface area contributed by atoms with Gasteiger partial charge in [0.05, 0.1) is 5.54 Å². The Morgan fingerprint density at radius 2 is 1.92 bits per heavy atom. The van der Waals surface area contributed by atoms with Crippen molar-refractivity contribution in [2.45, 2.75) is 38.8 Å². The van der Waals surface area contributed by atoms with Crippen LogP contribution in [0.3, 0.4) is 0 Å². The first-order valence-electron chi connectivity index (χ1n) is 4.03. The summed E-state index contributed by atoms with van der Waals surface area (Å²) in [4.78, 5) is 15.9. The van der Waals surface area contributed by atoms with Gasteiger partial charge in [-0.3, -0.25) is 0 Å². The molecule has 0 rings (SSSR count). The maximum absolute atomic E-state index is 11.1. The van der Waals surface area contributed by atoms with Gasteiger partial charge < -0.3 is 4.84 Å². The summed E-state index contributed by atoms with van der Waals surface area (Å²) in [5.74, 6) is -0.0547. The van der Waals surface area contributed by atoms with Gasteiger partial charge >= 0.3 is 5.97 Å². The fraction of sp³-hybridized carbons (Fsp3) is 0.875. The zero-order valence-electron chi connectivity index (χ0n) is 8.47. The zero-order chi connectivity index (χ0) is 10.7. The van der Waals surface area contributed by atoms with Crippen molar-refractivity contribution in [1.29, 1.82) is 0 Å². The van der Waals surface area contributed by atoms with Crippen molar-refractivity contribution in [1.82, 2.24) is 11.2 Å². The molecule has 0 amide bonds. The maximum Gasteiger partial charge on any atom is 0.345 e. The van der Waals surface area contributed by atoms with Crippen molar-refractivity contribution in [3.63, 3.8) is 0 Å². The van der Waals surface area contributed by atoms with Crippen molar-refractivity contribution in [2.75, 3.05) is 5.75 Å². The predicted octanol–water partition coefficient (Wildman–Crippen LogP) is 0.804. The van der Waals surface area contributed by atoms with Gasteiger partial charge in [-0.1, -0.05) is 0 Å². The molecule has 0 spiro atoms. The predicted molar refractivity (Wildman–Crippen MR) is 54.3 cm³/mol. The summed E-state index contributed by atoms with van der Waals surface area (Å²) in [5.41, 5.74) is 8.34. The molecule has 0 aromatic heterocycles. The van der Waals surface area contributed by atoms with Gasteiger partial charge in [0.2, 0.25) is 0 Å². The lowest BCUT2D eigenvalue weighted by Gasteiger charge is -2.24. The molecule has 5 heteroatoms. The van der Waals surface area contributed by atoms with Gasteiger partial charge in [0.25, 0.3) is 0 Å². The quantitative estimate of drug-likeness (QED) is 0.527. The second kappa shape index (κ2) is 4.30. The number of hydrogen-bond donors (Lipinski definition) is 2. The molecule has 0 heterocycles. The highest BCUT2D eigenvalue weighted by Gasteiger charge is 2.27. The molecule has 4 nitrogen and oxygen atoms in total. The van der Waals surface area contributed by atoms with Crippen LogP contribution in [0.4, 0.5) is 0 Å². The van der Waals surface area contributed by atoms with Crippen LogP contribution in [-0.4, -0.2) is 22.8 Å². The summed E-state index contributed by atoms with van der Waals surface area (Å²) in [7, 11) is 0. The molecule has 0 saturated heterocycles. The smallest absolute Gasteiger partial charge is 0.345 e.